The van der Waals surface area contributed by atoms with Gasteiger partial charge in [0.2, 0.25) is 0 Å². The molecule has 0 aliphatic heterocycles. The number of hydrogen-bond acceptors (Lipinski definition) is 4. The monoisotopic (exact) mass is 294 g/mol. The molecule has 0 radical (unpaired) electrons. The first-order valence-corrected chi connectivity index (χ1v) is 6.90. The van der Waals surface area contributed by atoms with Crippen molar-refractivity contribution in [2.24, 2.45) is 0 Å². The van der Waals surface area contributed by atoms with Crippen LogP contribution in [-0.4, -0.2) is 26.9 Å². The fourth-order valence-electron chi connectivity index (χ4n) is 2.45. The maximum Gasteiger partial charge on any atom is 0.181 e. The number of methoxy groups -OCH3 is 1. The van der Waals surface area contributed by atoms with Gasteiger partial charge in [-0.3, -0.25) is 0 Å². The van der Waals surface area contributed by atoms with Crippen molar-refractivity contribution in [2.75, 3.05) is 7.11 Å². The first kappa shape index (κ1) is 12.7. The summed E-state index contributed by atoms with van der Waals surface area (Å²) in [5.41, 5.74) is 3.49. The molecule has 0 spiro atoms. The second kappa shape index (κ2) is 4.77. The van der Waals surface area contributed by atoms with Crippen molar-refractivity contribution in [3.05, 3.63) is 48.4 Å². The molecule has 4 rings (SSSR count). The highest BCUT2D eigenvalue weighted by Gasteiger charge is 2.16. The summed E-state index contributed by atoms with van der Waals surface area (Å²) in [6.45, 7) is 1.95. The van der Waals surface area contributed by atoms with Gasteiger partial charge in [0, 0.05) is 0 Å². The molecule has 6 heteroatoms. The fourth-order valence-corrected chi connectivity index (χ4v) is 2.45. The Balaban J connectivity index is 1.86. The number of hydrogen-bond donors (Lipinski definition) is 1. The molecular weight excluding hydrogens is 280 g/mol. The third-order valence-corrected chi connectivity index (χ3v) is 3.57. The number of furan rings is 1. The first-order valence-electron chi connectivity index (χ1n) is 6.90. The van der Waals surface area contributed by atoms with Gasteiger partial charge < -0.3 is 14.1 Å². The average molecular weight is 294 g/mol. The number of aromatic nitrogens is 4. The molecule has 0 saturated heterocycles. The molecule has 1 aromatic carbocycles. The molecule has 4 aromatic rings. The third kappa shape index (κ3) is 1.88. The Morgan fingerprint density at radius 1 is 1.18 bits per heavy atom. The molecule has 110 valence electrons. The molecular formula is C16H14N4O2. The molecule has 0 bridgehead atoms. The minimum Gasteiger partial charge on any atom is -0.497 e. The Hall–Kier alpha value is -3.02. The summed E-state index contributed by atoms with van der Waals surface area (Å²) in [5, 5.41) is 4.55. The molecule has 0 amide bonds. The Bertz CT molecular complexity index is 917. The van der Waals surface area contributed by atoms with Crippen LogP contribution in [-0.2, 0) is 0 Å². The average Bonchev–Trinajstić information content (AvgIpc) is 3.25. The van der Waals surface area contributed by atoms with Crippen LogP contribution in [0.1, 0.15) is 5.69 Å². The van der Waals surface area contributed by atoms with Crippen LogP contribution in [0.4, 0.5) is 0 Å². The van der Waals surface area contributed by atoms with E-state index in [1.165, 1.54) is 0 Å². The lowest BCUT2D eigenvalue weighted by Gasteiger charge is -2.03. The van der Waals surface area contributed by atoms with E-state index in [1.807, 2.05) is 48.0 Å². The molecule has 0 unspecified atom stereocenters. The molecule has 0 aliphatic carbocycles. The van der Waals surface area contributed by atoms with Crippen molar-refractivity contribution in [2.45, 2.75) is 6.92 Å². The predicted octanol–water partition coefficient (Wildman–Crippen LogP) is 3.33. The van der Waals surface area contributed by atoms with E-state index in [2.05, 4.69) is 15.1 Å². The Labute approximate surface area is 126 Å². The largest absolute Gasteiger partial charge is 0.497 e. The van der Waals surface area contributed by atoms with E-state index in [4.69, 9.17) is 9.15 Å². The number of nitrogens with zero attached hydrogens (tertiary/aromatic N) is 3. The summed E-state index contributed by atoms with van der Waals surface area (Å²) >= 11 is 0. The number of nitrogens with one attached hydrogen (secondary N) is 1. The number of fused-ring (bicyclic) bond motifs is 1. The van der Waals surface area contributed by atoms with Crippen molar-refractivity contribution in [3.63, 3.8) is 0 Å². The molecule has 3 aromatic heterocycles. The summed E-state index contributed by atoms with van der Waals surface area (Å²) in [4.78, 5) is 7.88. The standard InChI is InChI=1S/C16H14N4O2/c1-10-14-16(18-15(17-14)13-4-3-9-22-13)20(19-10)11-5-7-12(21-2)8-6-11/h3-9H,1-2H3,(H,17,18). The van der Waals surface area contributed by atoms with Crippen LogP contribution in [0.15, 0.2) is 47.1 Å². The normalized spacial score (nSPS) is 11.2. The summed E-state index contributed by atoms with van der Waals surface area (Å²) in [6.07, 6.45) is 1.63. The Morgan fingerprint density at radius 3 is 2.68 bits per heavy atom. The lowest BCUT2D eigenvalue weighted by molar-refractivity contribution is 0.414. The van der Waals surface area contributed by atoms with E-state index in [1.54, 1.807) is 13.4 Å². The van der Waals surface area contributed by atoms with Gasteiger partial charge >= 0.3 is 0 Å². The zero-order chi connectivity index (χ0) is 15.1. The predicted molar refractivity (Wildman–Crippen MR) is 82.2 cm³/mol. The number of rotatable bonds is 3. The molecule has 3 heterocycles. The van der Waals surface area contributed by atoms with Crippen LogP contribution in [0, 0.1) is 6.92 Å². The first-order chi connectivity index (χ1) is 10.8. The van der Waals surface area contributed by atoms with Gasteiger partial charge in [-0.05, 0) is 43.3 Å². The van der Waals surface area contributed by atoms with Crippen LogP contribution in [0.3, 0.4) is 0 Å². The minimum atomic E-state index is 0.697. The quantitative estimate of drug-likeness (QED) is 0.629. The topological polar surface area (TPSA) is 68.9 Å². The zero-order valence-corrected chi connectivity index (χ0v) is 12.2. The second-order valence-corrected chi connectivity index (χ2v) is 4.96. The van der Waals surface area contributed by atoms with Crippen LogP contribution < -0.4 is 4.74 Å². The van der Waals surface area contributed by atoms with Crippen LogP contribution in [0.2, 0.25) is 0 Å². The number of benzene rings is 1. The smallest absolute Gasteiger partial charge is 0.181 e. The molecule has 0 saturated carbocycles. The van der Waals surface area contributed by atoms with E-state index in [9.17, 15) is 0 Å². The molecule has 0 fully saturated rings. The summed E-state index contributed by atoms with van der Waals surface area (Å²) in [7, 11) is 1.65. The lowest BCUT2D eigenvalue weighted by atomic mass is 10.3. The Kier molecular flexibility index (Phi) is 2.75. The van der Waals surface area contributed by atoms with E-state index in [-0.39, 0.29) is 0 Å². The summed E-state index contributed by atoms with van der Waals surface area (Å²) in [5.74, 6) is 2.21. The van der Waals surface area contributed by atoms with Gasteiger partial charge in [-0.25, -0.2) is 9.67 Å². The van der Waals surface area contributed by atoms with Crippen molar-refractivity contribution in [3.8, 4) is 23.0 Å². The van der Waals surface area contributed by atoms with Crippen molar-refractivity contribution in [1.29, 1.82) is 0 Å². The van der Waals surface area contributed by atoms with Crippen molar-refractivity contribution < 1.29 is 9.15 Å². The lowest BCUT2D eigenvalue weighted by Crippen LogP contribution is -1.97. The van der Waals surface area contributed by atoms with Gasteiger partial charge in [0.15, 0.2) is 17.2 Å². The highest BCUT2D eigenvalue weighted by Crippen LogP contribution is 2.25. The fraction of sp³-hybridized carbons (Fsp3) is 0.125. The summed E-state index contributed by atoms with van der Waals surface area (Å²) in [6, 6.07) is 11.4. The number of ether oxygens (including phenoxy) is 1. The highest BCUT2D eigenvalue weighted by molar-refractivity contribution is 5.79. The maximum atomic E-state index is 5.39. The SMILES string of the molecule is COc1ccc(-n2nc(C)c3[nH]c(-c4ccco4)nc32)cc1. The van der Waals surface area contributed by atoms with Gasteiger partial charge in [-0.2, -0.15) is 5.10 Å². The van der Waals surface area contributed by atoms with E-state index < -0.39 is 0 Å². The maximum absolute atomic E-state index is 5.39. The van der Waals surface area contributed by atoms with Gasteiger partial charge in [-0.15, -0.1) is 0 Å². The van der Waals surface area contributed by atoms with Crippen molar-refractivity contribution >= 4 is 11.2 Å². The van der Waals surface area contributed by atoms with E-state index in [0.29, 0.717) is 11.6 Å². The molecule has 22 heavy (non-hydrogen) atoms. The number of imidazole rings is 1. The van der Waals surface area contributed by atoms with Gasteiger partial charge in [0.25, 0.3) is 0 Å². The Morgan fingerprint density at radius 2 is 2.00 bits per heavy atom. The van der Waals surface area contributed by atoms with Gasteiger partial charge in [0.1, 0.15) is 11.3 Å². The molecule has 0 aliphatic rings. The van der Waals surface area contributed by atoms with E-state index in [0.717, 1.165) is 28.3 Å². The zero-order valence-electron chi connectivity index (χ0n) is 12.2. The van der Waals surface area contributed by atoms with Crippen LogP contribution in [0.25, 0.3) is 28.4 Å². The molecule has 1 N–H and O–H groups in total. The van der Waals surface area contributed by atoms with Crippen LogP contribution in [0.5, 0.6) is 5.75 Å². The van der Waals surface area contributed by atoms with Crippen molar-refractivity contribution in [1.82, 2.24) is 19.7 Å². The third-order valence-electron chi connectivity index (χ3n) is 3.57. The molecule has 0 atom stereocenters. The highest BCUT2D eigenvalue weighted by atomic mass is 16.5. The minimum absolute atomic E-state index is 0.697. The van der Waals surface area contributed by atoms with Gasteiger partial charge in [0.05, 0.1) is 24.8 Å². The van der Waals surface area contributed by atoms with E-state index >= 15 is 0 Å². The van der Waals surface area contributed by atoms with Gasteiger partial charge in [-0.1, -0.05) is 0 Å². The molecule has 6 nitrogen and oxygen atoms in total. The summed E-state index contributed by atoms with van der Waals surface area (Å²) < 4.78 is 12.4. The van der Waals surface area contributed by atoms with Crippen LogP contribution >= 0.6 is 0 Å². The number of H-pyrrole nitrogens is 1. The second-order valence-electron chi connectivity index (χ2n) is 4.96. The number of aromatic amines is 1. The number of aryl methyl sites for hydroxylation is 1.